The second-order valence-electron chi connectivity index (χ2n) is 7.11. The van der Waals surface area contributed by atoms with Gasteiger partial charge in [0, 0.05) is 17.3 Å². The maximum absolute atomic E-state index is 13.2. The van der Waals surface area contributed by atoms with Gasteiger partial charge >= 0.3 is 0 Å². The van der Waals surface area contributed by atoms with Gasteiger partial charge in [-0.2, -0.15) is 9.57 Å². The Morgan fingerprint density at radius 3 is 2.22 bits per heavy atom. The number of sulfonamides is 1. The lowest BCUT2D eigenvalue weighted by atomic mass is 10.1. The molecule has 0 saturated carbocycles. The van der Waals surface area contributed by atoms with Gasteiger partial charge in [0.05, 0.1) is 23.9 Å². The van der Waals surface area contributed by atoms with Crippen molar-refractivity contribution in [3.63, 3.8) is 0 Å². The molecule has 0 radical (unpaired) electrons. The van der Waals surface area contributed by atoms with Crippen LogP contribution < -0.4 is 5.32 Å². The first-order valence-electron chi connectivity index (χ1n) is 9.94. The van der Waals surface area contributed by atoms with Crippen molar-refractivity contribution in [3.8, 4) is 6.07 Å². The fraction of sp³-hybridized carbons (Fsp3) is 0.167. The number of anilines is 1. The van der Waals surface area contributed by atoms with Gasteiger partial charge in [0.2, 0.25) is 15.9 Å². The van der Waals surface area contributed by atoms with Crippen LogP contribution in [0, 0.1) is 11.3 Å². The Morgan fingerprint density at radius 2 is 1.59 bits per heavy atom. The molecule has 8 heteroatoms. The van der Waals surface area contributed by atoms with Gasteiger partial charge < -0.3 is 5.32 Å². The molecular weight excluding hydrogens is 446 g/mol. The molecule has 1 amide bonds. The zero-order valence-electron chi connectivity index (χ0n) is 17.2. The highest BCUT2D eigenvalue weighted by Crippen LogP contribution is 2.19. The molecule has 1 N–H and O–H groups in total. The molecule has 0 bridgehead atoms. The minimum Gasteiger partial charge on any atom is -0.325 e. The number of nitriles is 1. The van der Waals surface area contributed by atoms with Gasteiger partial charge in [0.15, 0.2) is 0 Å². The molecule has 3 rings (SSSR count). The molecule has 32 heavy (non-hydrogen) atoms. The number of amides is 1. The van der Waals surface area contributed by atoms with Crippen molar-refractivity contribution >= 4 is 33.2 Å². The number of nitrogens with zero attached hydrogens (tertiary/aromatic N) is 2. The van der Waals surface area contributed by atoms with Gasteiger partial charge in [-0.25, -0.2) is 8.42 Å². The summed E-state index contributed by atoms with van der Waals surface area (Å²) >= 11 is 5.90. The van der Waals surface area contributed by atoms with Crippen molar-refractivity contribution in [3.05, 3.63) is 95.0 Å². The maximum atomic E-state index is 13.2. The molecule has 0 atom stereocenters. The van der Waals surface area contributed by atoms with Gasteiger partial charge in [0.25, 0.3) is 0 Å². The van der Waals surface area contributed by atoms with Gasteiger partial charge in [-0.1, -0.05) is 54.1 Å². The van der Waals surface area contributed by atoms with Gasteiger partial charge in [-0.05, 0) is 53.9 Å². The van der Waals surface area contributed by atoms with E-state index in [0.29, 0.717) is 17.1 Å². The van der Waals surface area contributed by atoms with E-state index in [1.165, 1.54) is 28.6 Å². The highest BCUT2D eigenvalue weighted by atomic mass is 35.5. The van der Waals surface area contributed by atoms with E-state index in [9.17, 15) is 13.2 Å². The summed E-state index contributed by atoms with van der Waals surface area (Å²) < 4.78 is 27.7. The summed E-state index contributed by atoms with van der Waals surface area (Å²) in [7, 11) is -3.91. The van der Waals surface area contributed by atoms with Crippen molar-refractivity contribution in [1.29, 1.82) is 5.26 Å². The Kier molecular flexibility index (Phi) is 8.01. The third-order valence-electron chi connectivity index (χ3n) is 4.78. The first-order valence-corrected chi connectivity index (χ1v) is 11.8. The lowest BCUT2D eigenvalue weighted by molar-refractivity contribution is -0.116. The second-order valence-corrected chi connectivity index (χ2v) is 9.48. The number of hydrogen-bond donors (Lipinski definition) is 1. The fourth-order valence-electron chi connectivity index (χ4n) is 3.10. The lowest BCUT2D eigenvalue weighted by Crippen LogP contribution is -2.39. The van der Waals surface area contributed by atoms with Crippen LogP contribution in [0.3, 0.4) is 0 Å². The van der Waals surface area contributed by atoms with E-state index in [0.717, 1.165) is 11.1 Å². The highest BCUT2D eigenvalue weighted by molar-refractivity contribution is 7.89. The quantitative estimate of drug-likeness (QED) is 0.508. The number of carbonyl (C=O) groups is 1. The monoisotopic (exact) mass is 467 g/mol. The van der Waals surface area contributed by atoms with Crippen LogP contribution in [0.4, 0.5) is 5.69 Å². The smallest absolute Gasteiger partial charge is 0.243 e. The number of rotatable bonds is 9. The Hall–Kier alpha value is -3.18. The summed E-state index contributed by atoms with van der Waals surface area (Å²) in [5.74, 6) is -0.455. The van der Waals surface area contributed by atoms with E-state index in [1.54, 1.807) is 24.3 Å². The molecule has 0 fully saturated rings. The molecule has 0 aliphatic carbocycles. The molecule has 0 unspecified atom stereocenters. The summed E-state index contributed by atoms with van der Waals surface area (Å²) in [6, 6.07) is 24.3. The maximum Gasteiger partial charge on any atom is 0.243 e. The van der Waals surface area contributed by atoms with Crippen molar-refractivity contribution in [2.75, 3.05) is 18.4 Å². The van der Waals surface area contributed by atoms with Crippen molar-refractivity contribution in [2.45, 2.75) is 17.7 Å². The summed E-state index contributed by atoms with van der Waals surface area (Å²) in [6.07, 6.45) is 0.741. The summed E-state index contributed by atoms with van der Waals surface area (Å²) in [5.41, 5.74) is 2.33. The van der Waals surface area contributed by atoms with E-state index in [-0.39, 0.29) is 24.4 Å². The van der Waals surface area contributed by atoms with Crippen molar-refractivity contribution in [2.24, 2.45) is 0 Å². The van der Waals surface area contributed by atoms with E-state index in [4.69, 9.17) is 16.9 Å². The topological polar surface area (TPSA) is 90.3 Å². The zero-order chi connectivity index (χ0) is 23.0. The molecule has 0 aliphatic heterocycles. The number of benzene rings is 3. The van der Waals surface area contributed by atoms with Crippen LogP contribution in [0.25, 0.3) is 0 Å². The van der Waals surface area contributed by atoms with Crippen LogP contribution in [-0.2, 0) is 27.7 Å². The minimum atomic E-state index is -3.91. The number of halogens is 1. The number of nitrogens with one attached hydrogen (secondary N) is 1. The average Bonchev–Trinajstić information content (AvgIpc) is 2.79. The summed E-state index contributed by atoms with van der Waals surface area (Å²) in [6.45, 7) is -0.193. The molecule has 0 spiro atoms. The molecular formula is C24H22ClN3O3S. The van der Waals surface area contributed by atoms with Crippen LogP contribution in [0.2, 0.25) is 5.02 Å². The molecule has 0 aliphatic rings. The zero-order valence-corrected chi connectivity index (χ0v) is 18.8. The van der Waals surface area contributed by atoms with Gasteiger partial charge in [-0.3, -0.25) is 4.79 Å². The standard InChI is InChI=1S/C24H22ClN3O3S/c25-21-8-12-23(13-9-21)32(30,31)28(17-15-19-4-2-1-3-5-19)18-24(29)27-22-10-6-20(7-11-22)14-16-26/h1-13H,14-15,17-18H2,(H,27,29). The lowest BCUT2D eigenvalue weighted by Gasteiger charge is -2.22. The fourth-order valence-corrected chi connectivity index (χ4v) is 4.62. The highest BCUT2D eigenvalue weighted by Gasteiger charge is 2.26. The minimum absolute atomic E-state index is 0.0728. The average molecular weight is 468 g/mol. The van der Waals surface area contributed by atoms with E-state index in [1.807, 2.05) is 30.3 Å². The van der Waals surface area contributed by atoms with E-state index in [2.05, 4.69) is 11.4 Å². The van der Waals surface area contributed by atoms with Crippen LogP contribution in [0.1, 0.15) is 11.1 Å². The molecule has 0 aromatic heterocycles. The van der Waals surface area contributed by atoms with Gasteiger partial charge in [0.1, 0.15) is 0 Å². The van der Waals surface area contributed by atoms with E-state index >= 15 is 0 Å². The first-order chi connectivity index (χ1) is 15.4. The van der Waals surface area contributed by atoms with Crippen LogP contribution >= 0.6 is 11.6 Å². The van der Waals surface area contributed by atoms with Crippen LogP contribution in [-0.4, -0.2) is 31.7 Å². The Balaban J connectivity index is 1.77. The SMILES string of the molecule is N#CCc1ccc(NC(=O)CN(CCc2ccccc2)S(=O)(=O)c2ccc(Cl)cc2)cc1. The van der Waals surface area contributed by atoms with E-state index < -0.39 is 15.9 Å². The molecule has 6 nitrogen and oxygen atoms in total. The summed E-state index contributed by atoms with van der Waals surface area (Å²) in [4.78, 5) is 12.8. The third kappa shape index (κ3) is 6.41. The largest absolute Gasteiger partial charge is 0.325 e. The third-order valence-corrected chi connectivity index (χ3v) is 6.90. The second kappa shape index (κ2) is 10.9. The predicted molar refractivity (Wildman–Crippen MR) is 125 cm³/mol. The first kappa shape index (κ1) is 23.5. The van der Waals surface area contributed by atoms with Gasteiger partial charge in [-0.15, -0.1) is 0 Å². The Bertz CT molecular complexity index is 1190. The molecule has 3 aromatic rings. The van der Waals surface area contributed by atoms with Crippen molar-refractivity contribution < 1.29 is 13.2 Å². The molecule has 0 heterocycles. The Morgan fingerprint density at radius 1 is 0.938 bits per heavy atom. The molecule has 164 valence electrons. The summed E-state index contributed by atoms with van der Waals surface area (Å²) in [5, 5.41) is 11.9. The van der Waals surface area contributed by atoms with Crippen LogP contribution in [0.5, 0.6) is 0 Å². The predicted octanol–water partition coefficient (Wildman–Crippen LogP) is 4.28. The Labute approximate surface area is 193 Å². The van der Waals surface area contributed by atoms with Crippen molar-refractivity contribution in [1.82, 2.24) is 4.31 Å². The number of hydrogen-bond acceptors (Lipinski definition) is 4. The number of carbonyl (C=O) groups excluding carboxylic acids is 1. The molecule has 0 saturated heterocycles. The molecule has 3 aromatic carbocycles. The normalized spacial score (nSPS) is 11.2. The van der Waals surface area contributed by atoms with Crippen LogP contribution in [0.15, 0.2) is 83.8 Å².